The lowest BCUT2D eigenvalue weighted by atomic mass is 10.0. The van der Waals surface area contributed by atoms with Gasteiger partial charge in [0, 0.05) is 32.2 Å². The molecule has 0 amide bonds. The van der Waals surface area contributed by atoms with E-state index >= 15 is 0 Å². The molecular formula is C16H23N5. The molecular weight excluding hydrogens is 262 g/mol. The Morgan fingerprint density at radius 3 is 2.95 bits per heavy atom. The maximum atomic E-state index is 4.38. The number of nitrogens with one attached hydrogen (secondary N) is 1. The van der Waals surface area contributed by atoms with E-state index in [1.54, 1.807) is 6.33 Å². The summed E-state index contributed by atoms with van der Waals surface area (Å²) < 4.78 is 1.98. The summed E-state index contributed by atoms with van der Waals surface area (Å²) in [6, 6.07) is 11.2. The molecule has 1 aliphatic heterocycles. The Hall–Kier alpha value is -1.72. The van der Waals surface area contributed by atoms with Gasteiger partial charge in [-0.3, -0.25) is 4.90 Å². The summed E-state index contributed by atoms with van der Waals surface area (Å²) in [5.74, 6) is 1.07. The Morgan fingerprint density at radius 1 is 1.29 bits per heavy atom. The van der Waals surface area contributed by atoms with Gasteiger partial charge < -0.3 is 5.32 Å². The number of hydrogen-bond donors (Lipinski definition) is 1. The number of nitrogens with zero attached hydrogens (tertiary/aromatic N) is 4. The highest BCUT2D eigenvalue weighted by Gasteiger charge is 2.20. The predicted molar refractivity (Wildman–Crippen MR) is 82.9 cm³/mol. The number of piperazine rings is 1. The molecule has 1 aromatic carbocycles. The molecule has 1 saturated heterocycles. The first-order chi connectivity index (χ1) is 10.3. The molecule has 5 nitrogen and oxygen atoms in total. The van der Waals surface area contributed by atoms with Crippen LogP contribution in [0, 0.1) is 0 Å². The third-order valence-electron chi connectivity index (χ3n) is 4.02. The molecule has 0 saturated carbocycles. The highest BCUT2D eigenvalue weighted by molar-refractivity contribution is 5.16. The van der Waals surface area contributed by atoms with Crippen LogP contribution in [0.5, 0.6) is 0 Å². The fourth-order valence-corrected chi connectivity index (χ4v) is 2.95. The maximum absolute atomic E-state index is 4.38. The maximum Gasteiger partial charge on any atom is 0.140 e. The van der Waals surface area contributed by atoms with Gasteiger partial charge in [0.2, 0.25) is 0 Å². The predicted octanol–water partition coefficient (Wildman–Crippen LogP) is 1.31. The van der Waals surface area contributed by atoms with Gasteiger partial charge in [-0.1, -0.05) is 30.3 Å². The van der Waals surface area contributed by atoms with Crippen molar-refractivity contribution in [2.45, 2.75) is 32.5 Å². The van der Waals surface area contributed by atoms with Crippen LogP contribution in [0.25, 0.3) is 0 Å². The molecule has 0 spiro atoms. The number of hydrogen-bond acceptors (Lipinski definition) is 4. The van der Waals surface area contributed by atoms with Crippen molar-refractivity contribution in [1.29, 1.82) is 0 Å². The average Bonchev–Trinajstić information content (AvgIpc) is 2.96. The molecule has 1 aliphatic rings. The smallest absolute Gasteiger partial charge is 0.140 e. The molecule has 2 aromatic rings. The molecule has 3 rings (SSSR count). The van der Waals surface area contributed by atoms with Crippen molar-refractivity contribution in [3.8, 4) is 0 Å². The molecule has 1 aromatic heterocycles. The van der Waals surface area contributed by atoms with E-state index in [0.717, 1.165) is 45.0 Å². The van der Waals surface area contributed by atoms with Crippen LogP contribution < -0.4 is 5.32 Å². The van der Waals surface area contributed by atoms with Gasteiger partial charge >= 0.3 is 0 Å². The Kier molecular flexibility index (Phi) is 4.62. The molecule has 5 heteroatoms. The third-order valence-corrected chi connectivity index (χ3v) is 4.02. The van der Waals surface area contributed by atoms with Crippen molar-refractivity contribution < 1.29 is 0 Å². The van der Waals surface area contributed by atoms with E-state index in [1.165, 1.54) is 5.56 Å². The second-order valence-corrected chi connectivity index (χ2v) is 5.57. The van der Waals surface area contributed by atoms with Crippen molar-refractivity contribution in [1.82, 2.24) is 25.0 Å². The molecule has 0 radical (unpaired) electrons. The second-order valence-electron chi connectivity index (χ2n) is 5.57. The minimum absolute atomic E-state index is 0.513. The topological polar surface area (TPSA) is 46.0 Å². The van der Waals surface area contributed by atoms with Crippen molar-refractivity contribution in [3.05, 3.63) is 48.0 Å². The van der Waals surface area contributed by atoms with Gasteiger partial charge in [0.15, 0.2) is 0 Å². The lowest BCUT2D eigenvalue weighted by molar-refractivity contribution is 0.185. The zero-order valence-corrected chi connectivity index (χ0v) is 12.6. The number of aryl methyl sites for hydroxylation is 1. The van der Waals surface area contributed by atoms with Gasteiger partial charge in [0.05, 0.1) is 6.54 Å². The summed E-state index contributed by atoms with van der Waals surface area (Å²) in [7, 11) is 0. The SMILES string of the molecule is CCn1ncnc1CN1CCNC(Cc2ccccc2)C1. The van der Waals surface area contributed by atoms with Crippen molar-refractivity contribution in [3.63, 3.8) is 0 Å². The molecule has 0 bridgehead atoms. The van der Waals surface area contributed by atoms with Crippen LogP contribution in [0.3, 0.4) is 0 Å². The quantitative estimate of drug-likeness (QED) is 0.900. The molecule has 21 heavy (non-hydrogen) atoms. The summed E-state index contributed by atoms with van der Waals surface area (Å²) in [5.41, 5.74) is 1.40. The Labute approximate surface area is 126 Å². The summed E-state index contributed by atoms with van der Waals surface area (Å²) in [6.45, 7) is 7.05. The zero-order chi connectivity index (χ0) is 14.5. The fourth-order valence-electron chi connectivity index (χ4n) is 2.95. The summed E-state index contributed by atoms with van der Waals surface area (Å²) in [5, 5.41) is 7.87. The van der Waals surface area contributed by atoms with Crippen LogP contribution in [0.1, 0.15) is 18.3 Å². The first-order valence-corrected chi connectivity index (χ1v) is 7.71. The Bertz CT molecular complexity index is 551. The number of rotatable bonds is 5. The molecule has 2 heterocycles. The third kappa shape index (κ3) is 3.68. The van der Waals surface area contributed by atoms with E-state index in [2.05, 4.69) is 57.6 Å². The number of benzene rings is 1. The highest BCUT2D eigenvalue weighted by atomic mass is 15.3. The van der Waals surface area contributed by atoms with E-state index < -0.39 is 0 Å². The van der Waals surface area contributed by atoms with Crippen LogP contribution in [-0.4, -0.2) is 45.3 Å². The second kappa shape index (κ2) is 6.83. The summed E-state index contributed by atoms with van der Waals surface area (Å²) >= 11 is 0. The number of aromatic nitrogens is 3. The van der Waals surface area contributed by atoms with E-state index in [1.807, 2.05) is 4.68 Å². The molecule has 1 unspecified atom stereocenters. The molecule has 0 aliphatic carbocycles. The van der Waals surface area contributed by atoms with Crippen LogP contribution >= 0.6 is 0 Å². The standard InChI is InChI=1S/C16H23N5/c1-2-21-16(18-13-19-21)12-20-9-8-17-15(11-20)10-14-6-4-3-5-7-14/h3-7,13,15,17H,2,8-12H2,1H3. The van der Waals surface area contributed by atoms with Crippen molar-refractivity contribution in [2.24, 2.45) is 0 Å². The van der Waals surface area contributed by atoms with Gasteiger partial charge in [0.1, 0.15) is 12.2 Å². The zero-order valence-electron chi connectivity index (χ0n) is 12.6. The minimum Gasteiger partial charge on any atom is -0.311 e. The largest absolute Gasteiger partial charge is 0.311 e. The van der Waals surface area contributed by atoms with Crippen LogP contribution in [0.2, 0.25) is 0 Å². The van der Waals surface area contributed by atoms with E-state index in [9.17, 15) is 0 Å². The van der Waals surface area contributed by atoms with Crippen LogP contribution in [0.15, 0.2) is 36.7 Å². The average molecular weight is 285 g/mol. The lowest BCUT2D eigenvalue weighted by Gasteiger charge is -2.33. The molecule has 112 valence electrons. The monoisotopic (exact) mass is 285 g/mol. The van der Waals surface area contributed by atoms with Gasteiger partial charge in [-0.05, 0) is 18.9 Å². The first kappa shape index (κ1) is 14.2. The minimum atomic E-state index is 0.513. The van der Waals surface area contributed by atoms with Gasteiger partial charge in [-0.2, -0.15) is 5.10 Å². The normalized spacial score (nSPS) is 19.8. The fraction of sp³-hybridized carbons (Fsp3) is 0.500. The molecule has 1 atom stereocenters. The van der Waals surface area contributed by atoms with Gasteiger partial charge in [0.25, 0.3) is 0 Å². The molecule has 1 fully saturated rings. The van der Waals surface area contributed by atoms with E-state index in [0.29, 0.717) is 6.04 Å². The van der Waals surface area contributed by atoms with Crippen LogP contribution in [-0.2, 0) is 19.5 Å². The van der Waals surface area contributed by atoms with E-state index in [-0.39, 0.29) is 0 Å². The Morgan fingerprint density at radius 2 is 2.14 bits per heavy atom. The summed E-state index contributed by atoms with van der Waals surface area (Å²) in [6.07, 6.45) is 2.74. The van der Waals surface area contributed by atoms with Crippen molar-refractivity contribution >= 4 is 0 Å². The lowest BCUT2D eigenvalue weighted by Crippen LogP contribution is -2.51. The van der Waals surface area contributed by atoms with Crippen molar-refractivity contribution in [2.75, 3.05) is 19.6 Å². The highest BCUT2D eigenvalue weighted by Crippen LogP contribution is 2.10. The van der Waals surface area contributed by atoms with E-state index in [4.69, 9.17) is 0 Å². The first-order valence-electron chi connectivity index (χ1n) is 7.71. The van der Waals surface area contributed by atoms with Crippen LogP contribution in [0.4, 0.5) is 0 Å². The van der Waals surface area contributed by atoms with Gasteiger partial charge in [-0.15, -0.1) is 0 Å². The van der Waals surface area contributed by atoms with Gasteiger partial charge in [-0.25, -0.2) is 9.67 Å². The molecule has 1 N–H and O–H groups in total. The summed E-state index contributed by atoms with van der Waals surface area (Å²) in [4.78, 5) is 6.85. The Balaban J connectivity index is 1.58.